The summed E-state index contributed by atoms with van der Waals surface area (Å²) in [6, 6.07) is 17.2. The summed E-state index contributed by atoms with van der Waals surface area (Å²) in [5.41, 5.74) is 3.33. The molecule has 2 N–H and O–H groups in total. The van der Waals surface area contributed by atoms with E-state index >= 15 is 0 Å². The second-order valence-electron chi connectivity index (χ2n) is 6.55. The highest BCUT2D eigenvalue weighted by atomic mass is 16.7. The van der Waals surface area contributed by atoms with Crippen LogP contribution in [0.15, 0.2) is 54.6 Å². The summed E-state index contributed by atoms with van der Waals surface area (Å²) in [6.45, 7) is 0.832. The van der Waals surface area contributed by atoms with E-state index in [2.05, 4.69) is 10.3 Å². The first-order chi connectivity index (χ1) is 13.3. The Balaban J connectivity index is 1.35. The van der Waals surface area contributed by atoms with Crippen LogP contribution in [-0.2, 0) is 0 Å². The van der Waals surface area contributed by atoms with Gasteiger partial charge in [-0.2, -0.15) is 0 Å². The molecule has 1 atom stereocenters. The maximum absolute atomic E-state index is 12.7. The lowest BCUT2D eigenvalue weighted by molar-refractivity contribution is 0.0920. The molecule has 3 aromatic rings. The number of aromatic nitrogens is 1. The average molecular weight is 362 g/mol. The molecular weight excluding hydrogens is 344 g/mol. The van der Waals surface area contributed by atoms with Gasteiger partial charge in [0.05, 0.1) is 12.6 Å². The van der Waals surface area contributed by atoms with Crippen LogP contribution >= 0.6 is 0 Å². The fraction of sp³-hybridized carbons (Fsp3) is 0.190. The SMILES string of the molecule is O=C(N[C@H]1CCOc2ccccc21)c1ccc(-c2ccc3c(c2)OCO3)[nH]1. The molecule has 0 spiro atoms. The highest BCUT2D eigenvalue weighted by molar-refractivity contribution is 5.93. The molecule has 3 heterocycles. The Morgan fingerprint density at radius 3 is 2.81 bits per heavy atom. The van der Waals surface area contributed by atoms with Gasteiger partial charge in [-0.15, -0.1) is 0 Å². The van der Waals surface area contributed by atoms with E-state index in [9.17, 15) is 4.79 Å². The quantitative estimate of drug-likeness (QED) is 0.746. The van der Waals surface area contributed by atoms with Crippen molar-refractivity contribution in [1.29, 1.82) is 0 Å². The lowest BCUT2D eigenvalue weighted by Crippen LogP contribution is -2.32. The largest absolute Gasteiger partial charge is 0.493 e. The minimum atomic E-state index is -0.135. The van der Waals surface area contributed by atoms with Gasteiger partial charge in [-0.1, -0.05) is 18.2 Å². The Labute approximate surface area is 156 Å². The van der Waals surface area contributed by atoms with Gasteiger partial charge in [0, 0.05) is 23.2 Å². The number of para-hydroxylation sites is 1. The first-order valence-electron chi connectivity index (χ1n) is 8.89. The number of rotatable bonds is 3. The summed E-state index contributed by atoms with van der Waals surface area (Å²) < 4.78 is 16.4. The van der Waals surface area contributed by atoms with Gasteiger partial charge in [-0.25, -0.2) is 0 Å². The molecule has 6 nitrogen and oxygen atoms in total. The van der Waals surface area contributed by atoms with Gasteiger partial charge in [0.15, 0.2) is 11.5 Å². The van der Waals surface area contributed by atoms with E-state index < -0.39 is 0 Å². The normalized spacial score (nSPS) is 17.1. The average Bonchev–Trinajstić information content (AvgIpc) is 3.37. The van der Waals surface area contributed by atoms with E-state index in [0.29, 0.717) is 18.1 Å². The van der Waals surface area contributed by atoms with Crippen LogP contribution in [-0.4, -0.2) is 24.3 Å². The molecule has 1 aromatic heterocycles. The zero-order valence-electron chi connectivity index (χ0n) is 14.5. The number of hydrogen-bond donors (Lipinski definition) is 2. The fourth-order valence-electron chi connectivity index (χ4n) is 3.49. The molecule has 136 valence electrons. The summed E-state index contributed by atoms with van der Waals surface area (Å²) in [6.07, 6.45) is 0.748. The first-order valence-corrected chi connectivity index (χ1v) is 8.89. The zero-order chi connectivity index (χ0) is 18.2. The number of carbonyl (C=O) groups is 1. The van der Waals surface area contributed by atoms with Crippen LogP contribution in [0.5, 0.6) is 17.2 Å². The van der Waals surface area contributed by atoms with Crippen molar-refractivity contribution in [3.63, 3.8) is 0 Å². The molecule has 0 saturated heterocycles. The third-order valence-corrected chi connectivity index (χ3v) is 4.88. The van der Waals surface area contributed by atoms with Gasteiger partial charge >= 0.3 is 0 Å². The zero-order valence-corrected chi connectivity index (χ0v) is 14.5. The number of ether oxygens (including phenoxy) is 3. The second-order valence-corrected chi connectivity index (χ2v) is 6.55. The van der Waals surface area contributed by atoms with Crippen LogP contribution in [0.1, 0.15) is 28.5 Å². The number of amides is 1. The van der Waals surface area contributed by atoms with Crippen molar-refractivity contribution in [2.24, 2.45) is 0 Å². The van der Waals surface area contributed by atoms with Crippen LogP contribution in [0, 0.1) is 0 Å². The fourth-order valence-corrected chi connectivity index (χ4v) is 3.49. The van der Waals surface area contributed by atoms with Crippen molar-refractivity contribution in [1.82, 2.24) is 10.3 Å². The number of nitrogens with one attached hydrogen (secondary N) is 2. The molecule has 2 aromatic carbocycles. The second kappa shape index (κ2) is 6.39. The van der Waals surface area contributed by atoms with E-state index in [-0.39, 0.29) is 18.7 Å². The van der Waals surface area contributed by atoms with Crippen molar-refractivity contribution in [3.05, 3.63) is 65.9 Å². The van der Waals surface area contributed by atoms with E-state index in [1.807, 2.05) is 48.5 Å². The van der Waals surface area contributed by atoms with E-state index in [4.69, 9.17) is 14.2 Å². The highest BCUT2D eigenvalue weighted by Gasteiger charge is 2.23. The smallest absolute Gasteiger partial charge is 0.268 e. The van der Waals surface area contributed by atoms with Gasteiger partial charge in [0.25, 0.3) is 5.91 Å². The van der Waals surface area contributed by atoms with Gasteiger partial charge in [-0.3, -0.25) is 4.79 Å². The van der Waals surface area contributed by atoms with E-state index in [0.717, 1.165) is 34.7 Å². The molecule has 0 aliphatic carbocycles. The van der Waals surface area contributed by atoms with Crippen LogP contribution in [0.4, 0.5) is 0 Å². The number of benzene rings is 2. The van der Waals surface area contributed by atoms with Gasteiger partial charge in [0.2, 0.25) is 6.79 Å². The molecule has 1 amide bonds. The summed E-state index contributed by atoms with van der Waals surface area (Å²) in [4.78, 5) is 15.9. The first kappa shape index (κ1) is 15.8. The minimum Gasteiger partial charge on any atom is -0.493 e. The Morgan fingerprint density at radius 1 is 0.963 bits per heavy atom. The molecular formula is C21H18N2O4. The maximum atomic E-state index is 12.7. The number of carbonyl (C=O) groups excluding carboxylic acids is 1. The van der Waals surface area contributed by atoms with Crippen molar-refractivity contribution >= 4 is 5.91 Å². The molecule has 0 bridgehead atoms. The predicted octanol–water partition coefficient (Wildman–Crippen LogP) is 3.66. The van der Waals surface area contributed by atoms with Crippen LogP contribution in [0.2, 0.25) is 0 Å². The number of H-pyrrole nitrogens is 1. The topological polar surface area (TPSA) is 72.6 Å². The Hall–Kier alpha value is -3.41. The third kappa shape index (κ3) is 2.89. The number of aromatic amines is 1. The van der Waals surface area contributed by atoms with Crippen LogP contribution < -0.4 is 19.5 Å². The monoisotopic (exact) mass is 362 g/mol. The summed E-state index contributed by atoms with van der Waals surface area (Å²) in [5, 5.41) is 3.10. The van der Waals surface area contributed by atoms with Crippen LogP contribution in [0.25, 0.3) is 11.3 Å². The minimum absolute atomic E-state index is 0.0558. The summed E-state index contributed by atoms with van der Waals surface area (Å²) in [5.74, 6) is 2.15. The molecule has 27 heavy (non-hydrogen) atoms. The molecule has 0 unspecified atom stereocenters. The maximum Gasteiger partial charge on any atom is 0.268 e. The summed E-state index contributed by atoms with van der Waals surface area (Å²) in [7, 11) is 0. The van der Waals surface area contributed by atoms with E-state index in [1.165, 1.54) is 0 Å². The molecule has 0 fully saturated rings. The third-order valence-electron chi connectivity index (χ3n) is 4.88. The summed E-state index contributed by atoms with van der Waals surface area (Å²) >= 11 is 0. The van der Waals surface area contributed by atoms with E-state index in [1.54, 1.807) is 6.07 Å². The molecule has 6 heteroatoms. The lowest BCUT2D eigenvalue weighted by Gasteiger charge is -2.26. The lowest BCUT2D eigenvalue weighted by atomic mass is 10.0. The Bertz CT molecular complexity index is 1010. The van der Waals surface area contributed by atoms with Crippen molar-refractivity contribution < 1.29 is 19.0 Å². The molecule has 0 saturated carbocycles. The molecule has 5 rings (SSSR count). The van der Waals surface area contributed by atoms with Gasteiger partial charge in [-0.05, 0) is 36.4 Å². The molecule has 0 radical (unpaired) electrons. The molecule has 2 aliphatic heterocycles. The van der Waals surface area contributed by atoms with Crippen molar-refractivity contribution in [2.75, 3.05) is 13.4 Å². The van der Waals surface area contributed by atoms with Crippen molar-refractivity contribution in [3.8, 4) is 28.5 Å². The number of hydrogen-bond acceptors (Lipinski definition) is 4. The van der Waals surface area contributed by atoms with Gasteiger partial charge in [0.1, 0.15) is 11.4 Å². The molecule has 2 aliphatic rings. The Morgan fingerprint density at radius 2 is 1.85 bits per heavy atom. The van der Waals surface area contributed by atoms with Gasteiger partial charge < -0.3 is 24.5 Å². The van der Waals surface area contributed by atoms with Crippen LogP contribution in [0.3, 0.4) is 0 Å². The Kier molecular flexibility index (Phi) is 3.74. The predicted molar refractivity (Wildman–Crippen MR) is 99.1 cm³/mol. The standard InChI is InChI=1S/C21H18N2O4/c24-21(23-16-9-10-25-18-4-2-1-3-14(16)18)17-7-6-15(22-17)13-5-8-19-20(11-13)27-12-26-19/h1-8,11,16,22H,9-10,12H2,(H,23,24)/t16-/m0/s1. The highest BCUT2D eigenvalue weighted by Crippen LogP contribution is 2.36. The van der Waals surface area contributed by atoms with Crippen molar-refractivity contribution in [2.45, 2.75) is 12.5 Å². The number of fused-ring (bicyclic) bond motifs is 2.